The molecule has 7 heteroatoms. The van der Waals surface area contributed by atoms with Gasteiger partial charge in [0.1, 0.15) is 17.4 Å². The van der Waals surface area contributed by atoms with Crippen molar-refractivity contribution < 1.29 is 23.5 Å². The molecule has 1 aliphatic heterocycles. The number of amides is 2. The summed E-state index contributed by atoms with van der Waals surface area (Å²) in [6.07, 6.45) is -0.417. The second-order valence-corrected chi connectivity index (χ2v) is 8.66. The summed E-state index contributed by atoms with van der Waals surface area (Å²) in [6.45, 7) is 11.2. The fourth-order valence-corrected chi connectivity index (χ4v) is 2.72. The quantitative estimate of drug-likeness (QED) is 0.761. The Kier molecular flexibility index (Phi) is 7.08. The highest BCUT2D eigenvalue weighted by molar-refractivity contribution is 5.69. The van der Waals surface area contributed by atoms with Crippen molar-refractivity contribution in [1.29, 1.82) is 0 Å². The number of alkyl halides is 1. The first kappa shape index (κ1) is 21.5. The van der Waals surface area contributed by atoms with Crippen molar-refractivity contribution in [2.75, 3.05) is 20.1 Å². The van der Waals surface area contributed by atoms with Crippen LogP contribution in [0.1, 0.15) is 60.8 Å². The highest BCUT2D eigenvalue weighted by Crippen LogP contribution is 2.25. The lowest BCUT2D eigenvalue weighted by Gasteiger charge is -2.30. The Morgan fingerprint density at radius 3 is 2.24 bits per heavy atom. The molecular formula is C18H33FN2O4. The lowest BCUT2D eigenvalue weighted by molar-refractivity contribution is 0.0157. The number of nitrogens with zero attached hydrogens (tertiary/aromatic N) is 2. The van der Waals surface area contributed by atoms with Crippen LogP contribution in [-0.2, 0) is 9.47 Å². The number of hydrogen-bond donors (Lipinski definition) is 0. The van der Waals surface area contributed by atoms with Crippen molar-refractivity contribution in [3.8, 4) is 0 Å². The molecule has 0 saturated carbocycles. The second-order valence-electron chi connectivity index (χ2n) is 8.66. The zero-order valence-corrected chi connectivity index (χ0v) is 16.6. The molecule has 2 unspecified atom stereocenters. The van der Waals surface area contributed by atoms with Gasteiger partial charge in [-0.1, -0.05) is 0 Å². The summed E-state index contributed by atoms with van der Waals surface area (Å²) < 4.78 is 25.1. The molecule has 0 radical (unpaired) electrons. The Morgan fingerprint density at radius 2 is 1.72 bits per heavy atom. The maximum Gasteiger partial charge on any atom is 0.410 e. The Hall–Kier alpha value is -1.53. The van der Waals surface area contributed by atoms with Gasteiger partial charge in [-0.2, -0.15) is 0 Å². The molecule has 2 amide bonds. The van der Waals surface area contributed by atoms with Crippen LogP contribution in [-0.4, -0.2) is 65.5 Å². The van der Waals surface area contributed by atoms with Gasteiger partial charge in [-0.25, -0.2) is 14.0 Å². The normalized spacial score (nSPS) is 19.5. The minimum Gasteiger partial charge on any atom is -0.444 e. The van der Waals surface area contributed by atoms with Gasteiger partial charge in [0.15, 0.2) is 0 Å². The predicted molar refractivity (Wildman–Crippen MR) is 94.3 cm³/mol. The average molecular weight is 360 g/mol. The fraction of sp³-hybridized carbons (Fsp3) is 0.889. The van der Waals surface area contributed by atoms with Gasteiger partial charge in [-0.3, -0.25) is 0 Å². The van der Waals surface area contributed by atoms with Gasteiger partial charge in [0.05, 0.1) is 6.54 Å². The number of carbonyl (C=O) groups is 2. The molecule has 1 fully saturated rings. The van der Waals surface area contributed by atoms with Crippen molar-refractivity contribution >= 4 is 12.2 Å². The molecule has 0 spiro atoms. The third-order valence-corrected chi connectivity index (χ3v) is 3.71. The zero-order chi connectivity index (χ0) is 19.4. The van der Waals surface area contributed by atoms with E-state index in [1.54, 1.807) is 25.7 Å². The van der Waals surface area contributed by atoms with E-state index in [0.29, 0.717) is 6.54 Å². The van der Waals surface area contributed by atoms with Gasteiger partial charge < -0.3 is 19.3 Å². The van der Waals surface area contributed by atoms with E-state index in [2.05, 4.69) is 0 Å². The third-order valence-electron chi connectivity index (χ3n) is 3.71. The average Bonchev–Trinajstić information content (AvgIpc) is 2.82. The second kappa shape index (κ2) is 8.23. The molecule has 1 rings (SSSR count). The first-order valence-corrected chi connectivity index (χ1v) is 8.86. The molecule has 0 N–H and O–H groups in total. The number of rotatable bonds is 4. The first-order chi connectivity index (χ1) is 11.3. The first-order valence-electron chi connectivity index (χ1n) is 8.86. The maximum atomic E-state index is 14.4. The molecule has 1 heterocycles. The Labute approximate surface area is 150 Å². The third kappa shape index (κ3) is 7.92. The van der Waals surface area contributed by atoms with Crippen LogP contribution in [0.15, 0.2) is 0 Å². The lowest BCUT2D eigenvalue weighted by atomic mass is 10.1. The van der Waals surface area contributed by atoms with E-state index in [0.717, 1.165) is 12.8 Å². The molecule has 1 saturated heterocycles. The van der Waals surface area contributed by atoms with Gasteiger partial charge in [-0.05, 0) is 54.4 Å². The largest absolute Gasteiger partial charge is 0.444 e. The van der Waals surface area contributed by atoms with E-state index in [1.807, 2.05) is 20.8 Å². The van der Waals surface area contributed by atoms with Crippen LogP contribution in [0.2, 0.25) is 0 Å². The maximum absolute atomic E-state index is 14.4. The van der Waals surface area contributed by atoms with Crippen molar-refractivity contribution in [2.45, 2.75) is 84.2 Å². The fourth-order valence-electron chi connectivity index (χ4n) is 2.72. The highest BCUT2D eigenvalue weighted by atomic mass is 19.1. The lowest BCUT2D eigenvalue weighted by Crippen LogP contribution is -2.42. The van der Waals surface area contributed by atoms with Crippen LogP contribution in [0.5, 0.6) is 0 Å². The minimum atomic E-state index is -1.23. The van der Waals surface area contributed by atoms with Crippen molar-refractivity contribution in [2.24, 2.45) is 0 Å². The zero-order valence-electron chi connectivity index (χ0n) is 16.6. The van der Waals surface area contributed by atoms with Gasteiger partial charge in [-0.15, -0.1) is 0 Å². The van der Waals surface area contributed by atoms with Crippen molar-refractivity contribution in [3.63, 3.8) is 0 Å². The monoisotopic (exact) mass is 360 g/mol. The Bertz CT molecular complexity index is 471. The summed E-state index contributed by atoms with van der Waals surface area (Å²) >= 11 is 0. The van der Waals surface area contributed by atoms with E-state index in [1.165, 1.54) is 11.9 Å². The smallest absolute Gasteiger partial charge is 0.410 e. The number of hydrogen-bond acceptors (Lipinski definition) is 4. The van der Waals surface area contributed by atoms with Crippen LogP contribution in [0.4, 0.5) is 14.0 Å². The number of ether oxygens (including phenoxy) is 2. The van der Waals surface area contributed by atoms with Crippen molar-refractivity contribution in [1.82, 2.24) is 9.80 Å². The molecule has 25 heavy (non-hydrogen) atoms. The summed E-state index contributed by atoms with van der Waals surface area (Å²) in [7, 11) is 1.51. The molecule has 2 atom stereocenters. The molecular weight excluding hydrogens is 327 g/mol. The van der Waals surface area contributed by atoms with Gasteiger partial charge in [0, 0.05) is 26.1 Å². The van der Waals surface area contributed by atoms with Gasteiger partial charge >= 0.3 is 12.2 Å². The van der Waals surface area contributed by atoms with Crippen molar-refractivity contribution in [3.05, 3.63) is 0 Å². The Morgan fingerprint density at radius 1 is 1.16 bits per heavy atom. The van der Waals surface area contributed by atoms with Crippen LogP contribution in [0.3, 0.4) is 0 Å². The van der Waals surface area contributed by atoms with E-state index < -0.39 is 29.6 Å². The summed E-state index contributed by atoms with van der Waals surface area (Å²) in [5, 5.41) is 0. The number of halogens is 1. The molecule has 0 aromatic rings. The van der Waals surface area contributed by atoms with E-state index in [4.69, 9.17) is 9.47 Å². The molecule has 0 bridgehead atoms. The van der Waals surface area contributed by atoms with Crippen LogP contribution in [0, 0.1) is 0 Å². The predicted octanol–water partition coefficient (Wildman–Crippen LogP) is 3.98. The summed E-state index contributed by atoms with van der Waals surface area (Å²) in [5.41, 5.74) is -1.19. The minimum absolute atomic E-state index is 0.0619. The van der Waals surface area contributed by atoms with Crippen LogP contribution >= 0.6 is 0 Å². The van der Waals surface area contributed by atoms with Crippen LogP contribution < -0.4 is 0 Å². The molecule has 0 aliphatic carbocycles. The molecule has 6 nitrogen and oxygen atoms in total. The number of carbonyl (C=O) groups excluding carboxylic acids is 2. The highest BCUT2D eigenvalue weighted by Gasteiger charge is 2.34. The van der Waals surface area contributed by atoms with E-state index >= 15 is 0 Å². The summed E-state index contributed by atoms with van der Waals surface area (Å²) in [5.74, 6) is 0. The topological polar surface area (TPSA) is 59.1 Å². The Balaban J connectivity index is 2.53. The molecule has 0 aromatic heterocycles. The number of likely N-dealkylation sites (tertiary alicyclic amines) is 1. The van der Waals surface area contributed by atoms with E-state index in [-0.39, 0.29) is 19.0 Å². The SMILES string of the molecule is CN(CC(F)CC1CCCN1C(=O)OC(C)(C)C)C(=O)OC(C)(C)C. The van der Waals surface area contributed by atoms with Crippen LogP contribution in [0.25, 0.3) is 0 Å². The summed E-state index contributed by atoms with van der Waals surface area (Å²) in [6, 6.07) is -0.197. The molecule has 146 valence electrons. The standard InChI is InChI=1S/C18H33FN2O4/c1-17(2,3)24-15(22)20(7)12-13(19)11-14-9-8-10-21(14)16(23)25-18(4,5)6/h13-14H,8-12H2,1-7H3. The van der Waals surface area contributed by atoms with Gasteiger partial charge in [0.25, 0.3) is 0 Å². The summed E-state index contributed by atoms with van der Waals surface area (Å²) in [4.78, 5) is 27.0. The molecule has 0 aromatic carbocycles. The van der Waals surface area contributed by atoms with Gasteiger partial charge in [0.2, 0.25) is 0 Å². The van der Waals surface area contributed by atoms with E-state index in [9.17, 15) is 14.0 Å². The molecule has 1 aliphatic rings.